The maximum Gasteiger partial charge on any atom is 0.354 e. The molecule has 47 heavy (non-hydrogen) atoms. The minimum atomic E-state index is -1.12. The molecule has 12 nitrogen and oxygen atoms in total. The number of rotatable bonds is 8. The summed E-state index contributed by atoms with van der Waals surface area (Å²) >= 11 is 0. The molecule has 3 aliphatic heterocycles. The minimum Gasteiger partial charge on any atom is -0.477 e. The van der Waals surface area contributed by atoms with Crippen LogP contribution in [0.1, 0.15) is 23.0 Å². The number of aromatic nitrogens is 5. The van der Waals surface area contributed by atoms with E-state index in [0.717, 1.165) is 49.7 Å². The van der Waals surface area contributed by atoms with Gasteiger partial charge in [0.2, 0.25) is 0 Å². The predicted molar refractivity (Wildman–Crippen MR) is 174 cm³/mol. The van der Waals surface area contributed by atoms with Crippen LogP contribution < -0.4 is 15.4 Å². The number of pyridine rings is 1. The van der Waals surface area contributed by atoms with Crippen LogP contribution in [0.25, 0.3) is 22.3 Å². The Morgan fingerprint density at radius 2 is 1.62 bits per heavy atom. The number of aromatic carboxylic acids is 1. The summed E-state index contributed by atoms with van der Waals surface area (Å²) < 4.78 is 23.7. The summed E-state index contributed by atoms with van der Waals surface area (Å²) in [6.45, 7) is 4.67. The molecule has 6 heterocycles. The Bertz CT molecular complexity index is 1890. The van der Waals surface area contributed by atoms with Crippen LogP contribution in [0.2, 0.25) is 0 Å². The number of ether oxygens (including phenoxy) is 1. The van der Waals surface area contributed by atoms with Gasteiger partial charge in [0.05, 0.1) is 23.3 Å². The van der Waals surface area contributed by atoms with Crippen molar-refractivity contribution in [2.24, 2.45) is 0 Å². The highest BCUT2D eigenvalue weighted by Gasteiger charge is 2.44. The van der Waals surface area contributed by atoms with Crippen molar-refractivity contribution in [1.29, 1.82) is 0 Å². The lowest BCUT2D eigenvalue weighted by molar-refractivity contribution is -0.0343. The van der Waals surface area contributed by atoms with Gasteiger partial charge in [0.15, 0.2) is 5.65 Å². The zero-order valence-corrected chi connectivity index (χ0v) is 25.6. The maximum absolute atomic E-state index is 16.0. The van der Waals surface area contributed by atoms with Crippen LogP contribution in [0.3, 0.4) is 0 Å². The van der Waals surface area contributed by atoms with Crippen molar-refractivity contribution in [3.05, 3.63) is 84.9 Å². The zero-order valence-electron chi connectivity index (χ0n) is 25.6. The summed E-state index contributed by atoms with van der Waals surface area (Å²) in [6.07, 6.45) is 2.52. The number of carboxylic acid groups (broad SMARTS) is 1. The first-order valence-electron chi connectivity index (χ1n) is 15.8. The Morgan fingerprint density at radius 3 is 2.32 bits per heavy atom. The molecule has 0 radical (unpaired) electrons. The Balaban J connectivity index is 0.907. The molecule has 0 amide bonds. The first kappa shape index (κ1) is 29.3. The molecule has 0 spiro atoms. The minimum absolute atomic E-state index is 0.0462. The van der Waals surface area contributed by atoms with E-state index in [1.807, 2.05) is 54.6 Å². The first-order chi connectivity index (χ1) is 22.9. The Hall–Kier alpha value is -5.14. The van der Waals surface area contributed by atoms with Gasteiger partial charge in [-0.15, -0.1) is 0 Å². The molecular weight excluding hydrogens is 601 g/mol. The average Bonchev–Trinajstić information content (AvgIpc) is 3.43. The fourth-order valence-electron chi connectivity index (χ4n) is 6.87. The van der Waals surface area contributed by atoms with Crippen molar-refractivity contribution >= 4 is 28.5 Å². The number of nitrogens with two attached hydrogens (primary N) is 1. The van der Waals surface area contributed by atoms with Crippen LogP contribution >= 0.6 is 0 Å². The Kier molecular flexibility index (Phi) is 7.41. The number of anilines is 2. The predicted octanol–water partition coefficient (Wildman–Crippen LogP) is 4.12. The second kappa shape index (κ2) is 11.9. The van der Waals surface area contributed by atoms with Gasteiger partial charge in [-0.3, -0.25) is 9.80 Å². The molecule has 5 aromatic rings. The van der Waals surface area contributed by atoms with E-state index in [1.165, 1.54) is 12.4 Å². The fourth-order valence-corrected chi connectivity index (χ4v) is 6.87. The lowest BCUT2D eigenvalue weighted by atomic mass is 9.95. The standard InChI is InChI=1S/C34H34FN9O3/c35-27-19-41(23-15-43(16-23)24-17-42(18-24)22-8-11-28(34(45)46)37-14-22)13-12-29(27)44-33-30(32(36)38-20-39-33)31(40-44)21-6-9-26(10-7-21)47-25-4-2-1-3-5-25/h1-11,14,20,23-24,27,29H,12-13,15-19H2,(H,45,46)(H2,36,38,39)/t27-,29-/m1/s1. The van der Waals surface area contributed by atoms with E-state index >= 15 is 4.39 Å². The van der Waals surface area contributed by atoms with Crippen molar-refractivity contribution in [1.82, 2.24) is 34.5 Å². The number of carboxylic acids is 1. The number of para-hydroxylation sites is 1. The van der Waals surface area contributed by atoms with Crippen molar-refractivity contribution in [3.63, 3.8) is 0 Å². The van der Waals surface area contributed by atoms with Crippen molar-refractivity contribution in [3.8, 4) is 22.8 Å². The van der Waals surface area contributed by atoms with E-state index in [0.29, 0.717) is 53.3 Å². The topological polar surface area (TPSA) is 139 Å². The Morgan fingerprint density at radius 1 is 0.872 bits per heavy atom. The summed E-state index contributed by atoms with van der Waals surface area (Å²) in [5.74, 6) is 0.725. The third-order valence-corrected chi connectivity index (χ3v) is 9.60. The number of benzene rings is 2. The highest BCUT2D eigenvalue weighted by atomic mass is 19.1. The van der Waals surface area contributed by atoms with E-state index in [-0.39, 0.29) is 5.69 Å². The summed E-state index contributed by atoms with van der Waals surface area (Å²) in [4.78, 5) is 30.7. The van der Waals surface area contributed by atoms with Crippen LogP contribution in [0, 0.1) is 0 Å². The first-order valence-corrected chi connectivity index (χ1v) is 15.8. The molecule has 8 rings (SSSR count). The number of hydrogen-bond donors (Lipinski definition) is 2. The number of alkyl halides is 1. The Labute approximate surface area is 270 Å². The molecule has 0 unspecified atom stereocenters. The van der Waals surface area contributed by atoms with Crippen LogP contribution in [0.15, 0.2) is 79.3 Å². The van der Waals surface area contributed by atoms with E-state index < -0.39 is 18.2 Å². The fraction of sp³-hybridized carbons (Fsp3) is 0.324. The van der Waals surface area contributed by atoms with Crippen LogP contribution in [0.4, 0.5) is 15.9 Å². The summed E-state index contributed by atoms with van der Waals surface area (Å²) in [5, 5.41) is 14.6. The average molecular weight is 636 g/mol. The number of hydrogen-bond acceptors (Lipinski definition) is 10. The van der Waals surface area contributed by atoms with Gasteiger partial charge >= 0.3 is 5.97 Å². The van der Waals surface area contributed by atoms with E-state index in [2.05, 4.69) is 29.7 Å². The van der Waals surface area contributed by atoms with Gasteiger partial charge in [-0.05, 0) is 55.0 Å². The molecule has 3 aliphatic rings. The molecule has 240 valence electrons. The van der Waals surface area contributed by atoms with Gasteiger partial charge < -0.3 is 20.5 Å². The molecule has 3 saturated heterocycles. The molecule has 3 aromatic heterocycles. The molecule has 0 bridgehead atoms. The van der Waals surface area contributed by atoms with Gasteiger partial charge in [0, 0.05) is 56.9 Å². The number of halogens is 1. The highest BCUT2D eigenvalue weighted by Crippen LogP contribution is 2.37. The smallest absolute Gasteiger partial charge is 0.354 e. The third kappa shape index (κ3) is 5.51. The third-order valence-electron chi connectivity index (χ3n) is 9.60. The lowest BCUT2D eigenvalue weighted by Crippen LogP contribution is -2.70. The molecule has 3 fully saturated rings. The number of carbonyl (C=O) groups is 1. The quantitative estimate of drug-likeness (QED) is 0.255. The van der Waals surface area contributed by atoms with E-state index in [4.69, 9.17) is 20.7 Å². The highest BCUT2D eigenvalue weighted by molar-refractivity contribution is 5.98. The van der Waals surface area contributed by atoms with Crippen molar-refractivity contribution < 1.29 is 19.0 Å². The summed E-state index contributed by atoms with van der Waals surface area (Å²) in [5.41, 5.74) is 9.30. The van der Waals surface area contributed by atoms with Gasteiger partial charge in [0.25, 0.3) is 0 Å². The number of nitrogens with zero attached hydrogens (tertiary/aromatic N) is 8. The molecular formula is C34H34FN9O3. The molecule has 0 saturated carbocycles. The van der Waals surface area contributed by atoms with Gasteiger partial charge in [-0.25, -0.2) is 28.8 Å². The summed E-state index contributed by atoms with van der Waals surface area (Å²) in [7, 11) is 0. The molecule has 3 N–H and O–H groups in total. The molecule has 0 aliphatic carbocycles. The zero-order chi connectivity index (χ0) is 32.1. The van der Waals surface area contributed by atoms with Gasteiger partial charge in [-0.1, -0.05) is 18.2 Å². The number of likely N-dealkylation sites (tertiary alicyclic amines) is 2. The van der Waals surface area contributed by atoms with Crippen LogP contribution in [-0.4, -0.2) is 103 Å². The van der Waals surface area contributed by atoms with Gasteiger partial charge in [0.1, 0.15) is 41.2 Å². The second-order valence-electron chi connectivity index (χ2n) is 12.4. The monoisotopic (exact) mass is 635 g/mol. The number of piperidine rings is 1. The summed E-state index contributed by atoms with van der Waals surface area (Å²) in [6, 6.07) is 20.8. The van der Waals surface area contributed by atoms with Crippen molar-refractivity contribution in [2.45, 2.75) is 30.7 Å². The largest absolute Gasteiger partial charge is 0.477 e. The maximum atomic E-state index is 16.0. The molecule has 2 aromatic carbocycles. The van der Waals surface area contributed by atoms with Crippen LogP contribution in [-0.2, 0) is 0 Å². The normalized spacial score (nSPS) is 21.0. The van der Waals surface area contributed by atoms with E-state index in [1.54, 1.807) is 16.9 Å². The lowest BCUT2D eigenvalue weighted by Gasteiger charge is -2.55. The van der Waals surface area contributed by atoms with Crippen LogP contribution in [0.5, 0.6) is 11.5 Å². The van der Waals surface area contributed by atoms with E-state index in [9.17, 15) is 4.79 Å². The van der Waals surface area contributed by atoms with Crippen molar-refractivity contribution in [2.75, 3.05) is 49.9 Å². The number of nitrogen functional groups attached to an aromatic ring is 1. The molecule has 2 atom stereocenters. The second-order valence-corrected chi connectivity index (χ2v) is 12.4. The number of fused-ring (bicyclic) bond motifs is 1. The van der Waals surface area contributed by atoms with Gasteiger partial charge in [-0.2, -0.15) is 5.10 Å². The SMILES string of the molecule is Nc1ncnc2c1c(-c1ccc(Oc3ccccc3)cc1)nn2[C@@H]1CCN(C2CN(C3CN(c4ccc(C(=O)O)nc4)C3)C2)C[C@H]1F. The molecule has 13 heteroatoms.